The molecule has 0 unspecified atom stereocenters. The van der Waals surface area contributed by atoms with Gasteiger partial charge in [0.2, 0.25) is 0 Å². The summed E-state index contributed by atoms with van der Waals surface area (Å²) < 4.78 is 10.4. The predicted octanol–water partition coefficient (Wildman–Crippen LogP) is 1.26. The number of nitrogens with two attached hydrogens (primary N) is 1. The van der Waals surface area contributed by atoms with E-state index >= 15 is 0 Å². The van der Waals surface area contributed by atoms with E-state index in [0.717, 1.165) is 11.1 Å². The Bertz CT molecular complexity index is 956. The molecular weight excluding hydrogens is 376 g/mol. The Morgan fingerprint density at radius 2 is 1.83 bits per heavy atom. The van der Waals surface area contributed by atoms with Crippen LogP contribution in [0.3, 0.4) is 0 Å². The van der Waals surface area contributed by atoms with Gasteiger partial charge >= 0.3 is 11.8 Å². The number of hydrazone groups is 1. The molecule has 3 amide bonds. The second-order valence-electron chi connectivity index (χ2n) is 6.14. The second-order valence-corrected chi connectivity index (χ2v) is 6.14. The van der Waals surface area contributed by atoms with E-state index in [0.29, 0.717) is 22.7 Å². The summed E-state index contributed by atoms with van der Waals surface area (Å²) in [7, 11) is 1.44. The Kier molecular flexibility index (Phi) is 7.30. The van der Waals surface area contributed by atoms with Crippen LogP contribution >= 0.6 is 0 Å². The van der Waals surface area contributed by atoms with Crippen molar-refractivity contribution in [2.45, 2.75) is 13.8 Å². The van der Waals surface area contributed by atoms with Gasteiger partial charge in [-0.1, -0.05) is 12.1 Å². The lowest BCUT2D eigenvalue weighted by Crippen LogP contribution is -2.32. The van der Waals surface area contributed by atoms with Gasteiger partial charge in [-0.25, -0.2) is 5.43 Å². The van der Waals surface area contributed by atoms with Gasteiger partial charge in [-0.2, -0.15) is 5.10 Å². The maximum Gasteiger partial charge on any atom is 0.329 e. The van der Waals surface area contributed by atoms with Crippen molar-refractivity contribution in [2.75, 3.05) is 19.0 Å². The third-order valence-corrected chi connectivity index (χ3v) is 3.78. The first-order valence-corrected chi connectivity index (χ1v) is 8.61. The highest BCUT2D eigenvalue weighted by molar-refractivity contribution is 6.39. The fourth-order valence-corrected chi connectivity index (χ4v) is 2.30. The number of rotatable bonds is 7. The van der Waals surface area contributed by atoms with Gasteiger partial charge in [-0.15, -0.1) is 0 Å². The Morgan fingerprint density at radius 1 is 1.07 bits per heavy atom. The summed E-state index contributed by atoms with van der Waals surface area (Å²) >= 11 is 0. The summed E-state index contributed by atoms with van der Waals surface area (Å²) in [6.07, 6.45) is 1.34. The summed E-state index contributed by atoms with van der Waals surface area (Å²) in [5.41, 5.74) is 10.1. The van der Waals surface area contributed by atoms with Gasteiger partial charge in [-0.05, 0) is 54.8 Å². The maximum atomic E-state index is 12.0. The largest absolute Gasteiger partial charge is 0.493 e. The lowest BCUT2D eigenvalue weighted by atomic mass is 10.1. The number of methoxy groups -OCH3 is 1. The standard InChI is InChI=1S/C20H22N4O5/c1-12-4-5-13(2)15(8-12)23-19(26)20(27)24-22-10-14-6-7-16(17(9-14)28-3)29-11-18(21)25/h4-10H,11H2,1-3H3,(H2,21,25)(H,23,26)(H,24,27). The van der Waals surface area contributed by atoms with Gasteiger partial charge in [0.05, 0.1) is 13.3 Å². The molecule has 0 aliphatic heterocycles. The zero-order valence-corrected chi connectivity index (χ0v) is 16.3. The maximum absolute atomic E-state index is 12.0. The first-order valence-electron chi connectivity index (χ1n) is 8.61. The van der Waals surface area contributed by atoms with Crippen LogP contribution < -0.4 is 25.9 Å². The van der Waals surface area contributed by atoms with Gasteiger partial charge in [-0.3, -0.25) is 14.4 Å². The normalized spacial score (nSPS) is 10.4. The van der Waals surface area contributed by atoms with E-state index in [2.05, 4.69) is 15.8 Å². The van der Waals surface area contributed by atoms with Crippen molar-refractivity contribution in [2.24, 2.45) is 10.8 Å². The van der Waals surface area contributed by atoms with Crippen molar-refractivity contribution in [1.29, 1.82) is 0 Å². The van der Waals surface area contributed by atoms with Crippen LogP contribution in [0, 0.1) is 13.8 Å². The molecule has 29 heavy (non-hydrogen) atoms. The zero-order chi connectivity index (χ0) is 21.4. The molecule has 152 valence electrons. The first kappa shape index (κ1) is 21.4. The average molecular weight is 398 g/mol. The minimum Gasteiger partial charge on any atom is -0.493 e. The molecule has 2 rings (SSSR count). The number of anilines is 1. The fourth-order valence-electron chi connectivity index (χ4n) is 2.30. The summed E-state index contributed by atoms with van der Waals surface area (Å²) in [4.78, 5) is 34.8. The molecule has 9 nitrogen and oxygen atoms in total. The molecule has 0 aliphatic carbocycles. The molecule has 0 fully saturated rings. The van der Waals surface area contributed by atoms with E-state index in [4.69, 9.17) is 15.2 Å². The number of carbonyl (C=O) groups excluding carboxylic acids is 3. The minimum atomic E-state index is -0.907. The van der Waals surface area contributed by atoms with Crippen LogP contribution in [0.25, 0.3) is 0 Å². The molecule has 4 N–H and O–H groups in total. The van der Waals surface area contributed by atoms with Crippen LogP contribution in [0.1, 0.15) is 16.7 Å². The van der Waals surface area contributed by atoms with Crippen LogP contribution in [-0.2, 0) is 14.4 Å². The van der Waals surface area contributed by atoms with Crippen LogP contribution in [-0.4, -0.2) is 37.7 Å². The molecule has 0 saturated carbocycles. The van der Waals surface area contributed by atoms with Crippen LogP contribution in [0.5, 0.6) is 11.5 Å². The zero-order valence-electron chi connectivity index (χ0n) is 16.3. The fraction of sp³-hybridized carbons (Fsp3) is 0.200. The number of benzene rings is 2. The van der Waals surface area contributed by atoms with Gasteiger partial charge in [0.25, 0.3) is 5.91 Å². The van der Waals surface area contributed by atoms with Gasteiger partial charge < -0.3 is 20.5 Å². The van der Waals surface area contributed by atoms with Crippen molar-refractivity contribution >= 4 is 29.6 Å². The minimum absolute atomic E-state index is 0.282. The lowest BCUT2D eigenvalue weighted by Gasteiger charge is -2.10. The summed E-state index contributed by atoms with van der Waals surface area (Å²) in [6, 6.07) is 10.3. The van der Waals surface area contributed by atoms with Crippen molar-refractivity contribution in [3.8, 4) is 11.5 Å². The number of hydrogen-bond donors (Lipinski definition) is 3. The van der Waals surface area contributed by atoms with Gasteiger partial charge in [0, 0.05) is 5.69 Å². The Labute approximate surface area is 167 Å². The lowest BCUT2D eigenvalue weighted by molar-refractivity contribution is -0.136. The number of primary amides is 1. The molecule has 2 aromatic carbocycles. The highest BCUT2D eigenvalue weighted by Crippen LogP contribution is 2.27. The van der Waals surface area contributed by atoms with Gasteiger partial charge in [0.1, 0.15) is 0 Å². The molecule has 0 aromatic heterocycles. The van der Waals surface area contributed by atoms with E-state index in [1.54, 1.807) is 24.3 Å². The molecule has 0 radical (unpaired) electrons. The Balaban J connectivity index is 1.97. The van der Waals surface area contributed by atoms with E-state index in [1.165, 1.54) is 13.3 Å². The van der Waals surface area contributed by atoms with Crippen LogP contribution in [0.15, 0.2) is 41.5 Å². The average Bonchev–Trinajstić information content (AvgIpc) is 2.69. The van der Waals surface area contributed by atoms with Crippen LogP contribution in [0.4, 0.5) is 5.69 Å². The van der Waals surface area contributed by atoms with Crippen LogP contribution in [0.2, 0.25) is 0 Å². The number of amides is 3. The number of aryl methyl sites for hydroxylation is 2. The Hall–Kier alpha value is -3.88. The third kappa shape index (κ3) is 6.35. The number of carbonyl (C=O) groups is 3. The summed E-state index contributed by atoms with van der Waals surface area (Å²) in [5, 5.41) is 6.32. The molecule has 2 aromatic rings. The van der Waals surface area contributed by atoms with Crippen molar-refractivity contribution in [3.63, 3.8) is 0 Å². The molecule has 0 spiro atoms. The molecule has 9 heteroatoms. The predicted molar refractivity (Wildman–Crippen MR) is 108 cm³/mol. The second kappa shape index (κ2) is 9.88. The smallest absolute Gasteiger partial charge is 0.329 e. The van der Waals surface area contributed by atoms with Crippen molar-refractivity contribution in [1.82, 2.24) is 5.43 Å². The number of ether oxygens (including phenoxy) is 2. The van der Waals surface area contributed by atoms with E-state index in [-0.39, 0.29) is 6.61 Å². The summed E-state index contributed by atoms with van der Waals surface area (Å²) in [5.74, 6) is -1.66. The van der Waals surface area contributed by atoms with E-state index in [1.807, 2.05) is 26.0 Å². The Morgan fingerprint density at radius 3 is 2.52 bits per heavy atom. The van der Waals surface area contributed by atoms with Crippen molar-refractivity contribution < 1.29 is 23.9 Å². The molecular formula is C20H22N4O5. The van der Waals surface area contributed by atoms with E-state index in [9.17, 15) is 14.4 Å². The summed E-state index contributed by atoms with van der Waals surface area (Å²) in [6.45, 7) is 3.43. The molecule has 0 bridgehead atoms. The number of nitrogens with one attached hydrogen (secondary N) is 2. The first-order chi connectivity index (χ1) is 13.8. The monoisotopic (exact) mass is 398 g/mol. The number of hydrogen-bond acceptors (Lipinski definition) is 6. The highest BCUT2D eigenvalue weighted by atomic mass is 16.5. The molecule has 0 atom stereocenters. The molecule has 0 aliphatic rings. The van der Waals surface area contributed by atoms with Crippen molar-refractivity contribution in [3.05, 3.63) is 53.1 Å². The SMILES string of the molecule is COc1cc(C=NNC(=O)C(=O)Nc2cc(C)ccc2C)ccc1OCC(N)=O. The third-order valence-electron chi connectivity index (χ3n) is 3.78. The molecule has 0 heterocycles. The molecule has 0 saturated heterocycles. The van der Waals surface area contributed by atoms with Gasteiger partial charge in [0.15, 0.2) is 18.1 Å². The number of nitrogens with zero attached hydrogens (tertiary/aromatic N) is 1. The quantitative estimate of drug-likeness (QED) is 0.367. The topological polar surface area (TPSA) is 132 Å². The van der Waals surface area contributed by atoms with E-state index < -0.39 is 17.7 Å². The highest BCUT2D eigenvalue weighted by Gasteiger charge is 2.14.